The standard InChI is InChI=1S/C24H31N3O5/c28-22(26-17-21(27-24(31)32)12-7-13-25-23(29)30)16-20(14-18-8-3-1-4-9-18)15-19-10-5-2-6-11-19/h1-6,8-11,20-21,25,27H,7,12-17H2,(H,26,28)(H,29,30)(H,31,32)/t21-/m0/s1. The summed E-state index contributed by atoms with van der Waals surface area (Å²) in [4.78, 5) is 34.2. The van der Waals surface area contributed by atoms with Crippen molar-refractivity contribution in [2.75, 3.05) is 13.1 Å². The largest absolute Gasteiger partial charge is 0.465 e. The zero-order valence-electron chi connectivity index (χ0n) is 18.0. The Hall–Kier alpha value is -3.55. The summed E-state index contributed by atoms with van der Waals surface area (Å²) in [5.74, 6) is -0.0341. The van der Waals surface area contributed by atoms with Crippen LogP contribution in [0.15, 0.2) is 60.7 Å². The number of carboxylic acid groups (broad SMARTS) is 2. The minimum absolute atomic E-state index is 0.102. The summed E-state index contributed by atoms with van der Waals surface area (Å²) >= 11 is 0. The lowest BCUT2D eigenvalue weighted by molar-refractivity contribution is -0.122. The van der Waals surface area contributed by atoms with E-state index in [2.05, 4.69) is 16.0 Å². The minimum atomic E-state index is -1.18. The van der Waals surface area contributed by atoms with E-state index in [-0.39, 0.29) is 24.9 Å². The first-order valence-corrected chi connectivity index (χ1v) is 10.7. The second kappa shape index (κ2) is 13.7. The average Bonchev–Trinajstić information content (AvgIpc) is 2.75. The Morgan fingerprint density at radius 2 is 1.34 bits per heavy atom. The van der Waals surface area contributed by atoms with Gasteiger partial charge < -0.3 is 26.2 Å². The van der Waals surface area contributed by atoms with Crippen LogP contribution in [-0.2, 0) is 17.6 Å². The summed E-state index contributed by atoms with van der Waals surface area (Å²) in [5, 5.41) is 25.1. The van der Waals surface area contributed by atoms with Crippen LogP contribution in [0.4, 0.5) is 9.59 Å². The first-order valence-electron chi connectivity index (χ1n) is 10.7. The maximum absolute atomic E-state index is 12.7. The highest BCUT2D eigenvalue weighted by Gasteiger charge is 2.18. The quantitative estimate of drug-likeness (QED) is 0.305. The van der Waals surface area contributed by atoms with E-state index in [4.69, 9.17) is 10.2 Å². The molecule has 0 unspecified atom stereocenters. The van der Waals surface area contributed by atoms with Gasteiger partial charge in [-0.2, -0.15) is 0 Å². The monoisotopic (exact) mass is 441 g/mol. The Balaban J connectivity index is 1.91. The van der Waals surface area contributed by atoms with Crippen molar-refractivity contribution < 1.29 is 24.6 Å². The molecule has 32 heavy (non-hydrogen) atoms. The van der Waals surface area contributed by atoms with Gasteiger partial charge in [0.15, 0.2) is 0 Å². The SMILES string of the molecule is O=C(O)NCCC[C@@H](CNC(=O)CC(Cc1ccccc1)Cc1ccccc1)NC(=O)O. The van der Waals surface area contributed by atoms with Crippen LogP contribution in [0.2, 0.25) is 0 Å². The number of carbonyl (C=O) groups excluding carboxylic acids is 1. The van der Waals surface area contributed by atoms with E-state index in [0.717, 1.165) is 24.0 Å². The smallest absolute Gasteiger partial charge is 0.404 e. The number of benzene rings is 2. The number of carbonyl (C=O) groups is 3. The van der Waals surface area contributed by atoms with Crippen molar-refractivity contribution in [1.29, 1.82) is 0 Å². The second-order valence-electron chi connectivity index (χ2n) is 7.77. The lowest BCUT2D eigenvalue weighted by Crippen LogP contribution is -2.44. The first kappa shape index (κ1) is 24.7. The van der Waals surface area contributed by atoms with E-state index in [0.29, 0.717) is 19.3 Å². The van der Waals surface area contributed by atoms with Crippen LogP contribution in [0.3, 0.4) is 0 Å². The van der Waals surface area contributed by atoms with Gasteiger partial charge in [0, 0.05) is 25.6 Å². The van der Waals surface area contributed by atoms with E-state index >= 15 is 0 Å². The minimum Gasteiger partial charge on any atom is -0.465 e. The normalized spacial score (nSPS) is 11.5. The summed E-state index contributed by atoms with van der Waals surface area (Å²) in [6, 6.07) is 19.6. The van der Waals surface area contributed by atoms with Crippen LogP contribution < -0.4 is 16.0 Å². The fraction of sp³-hybridized carbons (Fsp3) is 0.375. The molecule has 5 N–H and O–H groups in total. The van der Waals surface area contributed by atoms with Gasteiger partial charge in [0.05, 0.1) is 0 Å². The molecule has 1 atom stereocenters. The molecule has 172 valence electrons. The van der Waals surface area contributed by atoms with Crippen molar-refractivity contribution in [1.82, 2.24) is 16.0 Å². The van der Waals surface area contributed by atoms with Crippen LogP contribution in [0.5, 0.6) is 0 Å². The van der Waals surface area contributed by atoms with Gasteiger partial charge in [-0.15, -0.1) is 0 Å². The fourth-order valence-electron chi connectivity index (χ4n) is 3.63. The van der Waals surface area contributed by atoms with E-state index in [1.54, 1.807) is 0 Å². The molecule has 0 fully saturated rings. The summed E-state index contributed by atoms with van der Waals surface area (Å²) in [6.45, 7) is 0.374. The predicted octanol–water partition coefficient (Wildman–Crippen LogP) is 3.28. The van der Waals surface area contributed by atoms with E-state index in [1.807, 2.05) is 60.7 Å². The molecular formula is C24H31N3O5. The summed E-state index contributed by atoms with van der Waals surface area (Å²) in [7, 11) is 0. The van der Waals surface area contributed by atoms with Gasteiger partial charge >= 0.3 is 12.2 Å². The fourth-order valence-corrected chi connectivity index (χ4v) is 3.63. The molecule has 8 heteroatoms. The summed E-state index contributed by atoms with van der Waals surface area (Å²) in [6.07, 6.45) is 0.416. The number of amides is 3. The third-order valence-corrected chi connectivity index (χ3v) is 5.09. The molecule has 2 aromatic carbocycles. The van der Waals surface area contributed by atoms with Crippen molar-refractivity contribution in [3.05, 3.63) is 71.8 Å². The highest BCUT2D eigenvalue weighted by molar-refractivity contribution is 5.76. The zero-order valence-corrected chi connectivity index (χ0v) is 18.0. The lowest BCUT2D eigenvalue weighted by atomic mass is 9.89. The molecule has 2 aromatic rings. The van der Waals surface area contributed by atoms with Gasteiger partial charge in [0.25, 0.3) is 0 Å². The van der Waals surface area contributed by atoms with Gasteiger partial charge in [0.2, 0.25) is 5.91 Å². The van der Waals surface area contributed by atoms with E-state index in [1.165, 1.54) is 0 Å². The molecule has 0 radical (unpaired) electrons. The highest BCUT2D eigenvalue weighted by Crippen LogP contribution is 2.18. The van der Waals surface area contributed by atoms with Gasteiger partial charge in [-0.1, -0.05) is 60.7 Å². The molecule has 0 heterocycles. The average molecular weight is 442 g/mol. The first-order chi connectivity index (χ1) is 15.4. The number of hydrogen-bond donors (Lipinski definition) is 5. The Morgan fingerprint density at radius 1 is 0.781 bits per heavy atom. The molecule has 0 aliphatic rings. The zero-order chi connectivity index (χ0) is 23.2. The van der Waals surface area contributed by atoms with Crippen molar-refractivity contribution in [3.8, 4) is 0 Å². The Bertz CT molecular complexity index is 804. The highest BCUT2D eigenvalue weighted by atomic mass is 16.4. The summed E-state index contributed by atoms with van der Waals surface area (Å²) in [5.41, 5.74) is 2.33. The molecule has 0 bridgehead atoms. The van der Waals surface area contributed by atoms with Crippen molar-refractivity contribution >= 4 is 18.1 Å². The summed E-state index contributed by atoms with van der Waals surface area (Å²) < 4.78 is 0. The molecule has 0 saturated heterocycles. The Kier molecular flexibility index (Phi) is 10.6. The maximum Gasteiger partial charge on any atom is 0.404 e. The van der Waals surface area contributed by atoms with Crippen LogP contribution in [-0.4, -0.2) is 47.4 Å². The molecule has 0 aliphatic carbocycles. The maximum atomic E-state index is 12.7. The molecule has 0 aliphatic heterocycles. The van der Waals surface area contributed by atoms with Gasteiger partial charge in [-0.3, -0.25) is 4.79 Å². The number of rotatable bonds is 13. The van der Waals surface area contributed by atoms with Crippen LogP contribution >= 0.6 is 0 Å². The van der Waals surface area contributed by atoms with Crippen LogP contribution in [0.25, 0.3) is 0 Å². The van der Waals surface area contributed by atoms with Gasteiger partial charge in [-0.25, -0.2) is 9.59 Å². The molecular weight excluding hydrogens is 410 g/mol. The second-order valence-corrected chi connectivity index (χ2v) is 7.77. The number of hydrogen-bond acceptors (Lipinski definition) is 3. The van der Waals surface area contributed by atoms with Gasteiger partial charge in [0.1, 0.15) is 0 Å². The van der Waals surface area contributed by atoms with Crippen LogP contribution in [0, 0.1) is 5.92 Å². The molecule has 2 rings (SSSR count). The molecule has 0 spiro atoms. The molecule has 3 amide bonds. The van der Waals surface area contributed by atoms with Crippen LogP contribution in [0.1, 0.15) is 30.4 Å². The third kappa shape index (κ3) is 10.5. The van der Waals surface area contributed by atoms with Crippen molar-refractivity contribution in [2.24, 2.45) is 5.92 Å². The molecule has 0 aromatic heterocycles. The van der Waals surface area contributed by atoms with E-state index in [9.17, 15) is 14.4 Å². The lowest BCUT2D eigenvalue weighted by Gasteiger charge is -2.20. The Morgan fingerprint density at radius 3 is 1.84 bits per heavy atom. The molecule has 0 saturated carbocycles. The topological polar surface area (TPSA) is 128 Å². The number of nitrogens with one attached hydrogen (secondary N) is 3. The molecule has 8 nitrogen and oxygen atoms in total. The van der Waals surface area contributed by atoms with Crippen molar-refractivity contribution in [3.63, 3.8) is 0 Å². The van der Waals surface area contributed by atoms with Crippen molar-refractivity contribution in [2.45, 2.75) is 38.1 Å². The predicted molar refractivity (Wildman–Crippen MR) is 122 cm³/mol. The Labute approximate surface area is 188 Å². The van der Waals surface area contributed by atoms with E-state index < -0.39 is 18.2 Å². The van der Waals surface area contributed by atoms with Gasteiger partial charge in [-0.05, 0) is 42.7 Å². The third-order valence-electron chi connectivity index (χ3n) is 5.09.